The zero-order valence-electron chi connectivity index (χ0n) is 10.6. The van der Waals surface area contributed by atoms with Crippen LogP contribution in [0, 0.1) is 6.92 Å². The minimum atomic E-state index is 0.679. The maximum absolute atomic E-state index is 5.64. The molecule has 0 fully saturated rings. The fraction of sp³-hybridized carbons (Fsp3) is 0.385. The van der Waals surface area contributed by atoms with Crippen molar-refractivity contribution in [3.63, 3.8) is 0 Å². The number of rotatable bonds is 6. The first kappa shape index (κ1) is 12.8. The molecule has 0 aliphatic heterocycles. The first-order valence-corrected chi connectivity index (χ1v) is 6.90. The van der Waals surface area contributed by atoms with Crippen LogP contribution >= 0.6 is 11.3 Å². The van der Waals surface area contributed by atoms with E-state index < -0.39 is 0 Å². The summed E-state index contributed by atoms with van der Waals surface area (Å²) in [5, 5.41) is 6.36. The lowest BCUT2D eigenvalue weighted by molar-refractivity contribution is 0.318. The smallest absolute Gasteiger partial charge is 0.169 e. The Hall–Kier alpha value is -1.62. The van der Waals surface area contributed by atoms with E-state index in [1.54, 1.807) is 17.5 Å². The molecule has 0 spiro atoms. The predicted octanol–water partition coefficient (Wildman–Crippen LogP) is 3.25. The van der Waals surface area contributed by atoms with Gasteiger partial charge in [-0.25, -0.2) is 9.97 Å². The van der Waals surface area contributed by atoms with Gasteiger partial charge in [0, 0.05) is 17.3 Å². The van der Waals surface area contributed by atoms with Crippen molar-refractivity contribution in [1.29, 1.82) is 0 Å². The largest absolute Gasteiger partial charge is 0.490 e. The molecule has 2 aromatic rings. The Bertz CT molecular complexity index is 498. The molecule has 2 heterocycles. The summed E-state index contributed by atoms with van der Waals surface area (Å²) in [6.07, 6.45) is 2.74. The van der Waals surface area contributed by atoms with Gasteiger partial charge in [0.15, 0.2) is 11.6 Å². The molecule has 0 unspecified atom stereocenters. The van der Waals surface area contributed by atoms with E-state index >= 15 is 0 Å². The molecular weight excluding hydrogens is 246 g/mol. The molecule has 0 bridgehead atoms. The average molecular weight is 263 g/mol. The van der Waals surface area contributed by atoms with Crippen molar-refractivity contribution >= 4 is 17.2 Å². The highest BCUT2D eigenvalue weighted by Gasteiger charge is 2.05. The van der Waals surface area contributed by atoms with Crippen molar-refractivity contribution in [2.24, 2.45) is 0 Å². The summed E-state index contributed by atoms with van der Waals surface area (Å²) < 4.78 is 5.64. The van der Waals surface area contributed by atoms with Gasteiger partial charge in [0.05, 0.1) is 13.2 Å². The van der Waals surface area contributed by atoms with Gasteiger partial charge in [0.25, 0.3) is 0 Å². The first-order chi connectivity index (χ1) is 8.79. The van der Waals surface area contributed by atoms with E-state index in [4.69, 9.17) is 4.74 Å². The fourth-order valence-corrected chi connectivity index (χ4v) is 2.21. The summed E-state index contributed by atoms with van der Waals surface area (Å²) in [5.41, 5.74) is 1.06. The maximum Gasteiger partial charge on any atom is 0.169 e. The van der Waals surface area contributed by atoms with Crippen LogP contribution in [-0.4, -0.2) is 16.6 Å². The second-order valence-corrected chi connectivity index (χ2v) is 4.88. The van der Waals surface area contributed by atoms with Crippen LogP contribution in [0.3, 0.4) is 0 Å². The monoisotopic (exact) mass is 263 g/mol. The molecule has 2 rings (SSSR count). The van der Waals surface area contributed by atoms with E-state index in [2.05, 4.69) is 22.2 Å². The first-order valence-electron chi connectivity index (χ1n) is 6.02. The highest BCUT2D eigenvalue weighted by Crippen LogP contribution is 2.22. The van der Waals surface area contributed by atoms with Crippen molar-refractivity contribution in [2.75, 3.05) is 11.9 Å². The van der Waals surface area contributed by atoms with Gasteiger partial charge in [0.2, 0.25) is 0 Å². The molecule has 0 aliphatic carbocycles. The zero-order chi connectivity index (χ0) is 12.8. The van der Waals surface area contributed by atoms with Crippen LogP contribution in [-0.2, 0) is 6.54 Å². The van der Waals surface area contributed by atoms with Crippen LogP contribution < -0.4 is 10.1 Å². The van der Waals surface area contributed by atoms with Gasteiger partial charge < -0.3 is 10.1 Å². The molecule has 0 aliphatic rings. The average Bonchev–Trinajstić information content (AvgIpc) is 2.81. The summed E-state index contributed by atoms with van der Waals surface area (Å²) in [5.74, 6) is 1.58. The van der Waals surface area contributed by atoms with E-state index in [0.717, 1.165) is 28.7 Å². The molecule has 0 aromatic carbocycles. The Morgan fingerprint density at radius 2 is 2.33 bits per heavy atom. The molecule has 1 N–H and O–H groups in total. The number of hydrogen-bond donors (Lipinski definition) is 1. The van der Waals surface area contributed by atoms with Gasteiger partial charge in [-0.2, -0.15) is 0 Å². The van der Waals surface area contributed by atoms with Crippen molar-refractivity contribution < 1.29 is 4.74 Å². The third-order valence-electron chi connectivity index (χ3n) is 2.31. The van der Waals surface area contributed by atoms with E-state index in [9.17, 15) is 0 Å². The number of nitrogens with zero attached hydrogens (tertiary/aromatic N) is 2. The molecule has 4 nitrogen and oxygen atoms in total. The van der Waals surface area contributed by atoms with Crippen LogP contribution in [0.2, 0.25) is 0 Å². The maximum atomic E-state index is 5.64. The Kier molecular flexibility index (Phi) is 4.52. The number of thiazole rings is 1. The third kappa shape index (κ3) is 3.43. The van der Waals surface area contributed by atoms with Gasteiger partial charge in [0.1, 0.15) is 5.01 Å². The lowest BCUT2D eigenvalue weighted by Gasteiger charge is -2.10. The Morgan fingerprint density at radius 3 is 3.06 bits per heavy atom. The Labute approximate surface area is 111 Å². The third-order valence-corrected chi connectivity index (χ3v) is 3.27. The second kappa shape index (κ2) is 6.35. The summed E-state index contributed by atoms with van der Waals surface area (Å²) in [6, 6.07) is 3.81. The standard InChI is InChI=1S/C13H17N3OS/c1-3-7-17-11-5-4-6-14-13(11)15-8-12-16-10(2)9-18-12/h4-6,9H,3,7-8H2,1-2H3,(H,14,15). The lowest BCUT2D eigenvalue weighted by Crippen LogP contribution is -2.05. The highest BCUT2D eigenvalue weighted by atomic mass is 32.1. The molecule has 0 radical (unpaired) electrons. The van der Waals surface area contributed by atoms with Crippen LogP contribution in [0.25, 0.3) is 0 Å². The number of aromatic nitrogens is 2. The van der Waals surface area contributed by atoms with Crippen LogP contribution in [0.5, 0.6) is 5.75 Å². The minimum Gasteiger partial charge on any atom is -0.490 e. The molecule has 18 heavy (non-hydrogen) atoms. The molecule has 2 aromatic heterocycles. The van der Waals surface area contributed by atoms with Crippen molar-refractivity contribution in [3.8, 4) is 5.75 Å². The predicted molar refractivity (Wildman–Crippen MR) is 74.2 cm³/mol. The minimum absolute atomic E-state index is 0.679. The van der Waals surface area contributed by atoms with E-state index in [0.29, 0.717) is 13.2 Å². The van der Waals surface area contributed by atoms with E-state index in [1.165, 1.54) is 0 Å². The van der Waals surface area contributed by atoms with Gasteiger partial charge in [-0.15, -0.1) is 11.3 Å². The lowest BCUT2D eigenvalue weighted by atomic mass is 10.4. The van der Waals surface area contributed by atoms with Crippen molar-refractivity contribution in [3.05, 3.63) is 34.4 Å². The Morgan fingerprint density at radius 1 is 1.44 bits per heavy atom. The van der Waals surface area contributed by atoms with Crippen LogP contribution in [0.15, 0.2) is 23.7 Å². The Balaban J connectivity index is 1.99. The molecule has 0 amide bonds. The number of hydrogen-bond acceptors (Lipinski definition) is 5. The van der Waals surface area contributed by atoms with Crippen LogP contribution in [0.1, 0.15) is 24.0 Å². The van der Waals surface area contributed by atoms with Crippen LogP contribution in [0.4, 0.5) is 5.82 Å². The molecular formula is C13H17N3OS. The van der Waals surface area contributed by atoms with Crippen molar-refractivity contribution in [1.82, 2.24) is 9.97 Å². The van der Waals surface area contributed by atoms with Gasteiger partial charge >= 0.3 is 0 Å². The summed E-state index contributed by atoms with van der Waals surface area (Å²) in [6.45, 7) is 5.47. The fourth-order valence-electron chi connectivity index (χ4n) is 1.50. The van der Waals surface area contributed by atoms with Gasteiger partial charge in [-0.05, 0) is 25.5 Å². The molecule has 0 atom stereocenters. The SMILES string of the molecule is CCCOc1cccnc1NCc1nc(C)cs1. The van der Waals surface area contributed by atoms with Gasteiger partial charge in [-0.3, -0.25) is 0 Å². The molecule has 5 heteroatoms. The summed E-state index contributed by atoms with van der Waals surface area (Å²) >= 11 is 1.65. The molecule has 0 saturated heterocycles. The highest BCUT2D eigenvalue weighted by molar-refractivity contribution is 7.09. The number of nitrogens with one attached hydrogen (secondary N) is 1. The normalized spacial score (nSPS) is 10.3. The quantitative estimate of drug-likeness (QED) is 0.869. The van der Waals surface area contributed by atoms with E-state index in [1.807, 2.05) is 24.4 Å². The summed E-state index contributed by atoms with van der Waals surface area (Å²) in [4.78, 5) is 8.70. The second-order valence-electron chi connectivity index (χ2n) is 3.93. The number of ether oxygens (including phenoxy) is 1. The van der Waals surface area contributed by atoms with Crippen molar-refractivity contribution in [2.45, 2.75) is 26.8 Å². The number of pyridine rings is 1. The van der Waals surface area contributed by atoms with Gasteiger partial charge in [-0.1, -0.05) is 6.92 Å². The molecule has 96 valence electrons. The number of anilines is 1. The topological polar surface area (TPSA) is 47.0 Å². The summed E-state index contributed by atoms with van der Waals surface area (Å²) in [7, 11) is 0. The molecule has 0 saturated carbocycles. The van der Waals surface area contributed by atoms with E-state index in [-0.39, 0.29) is 0 Å². The zero-order valence-corrected chi connectivity index (χ0v) is 11.5. The number of aryl methyl sites for hydroxylation is 1.